The summed E-state index contributed by atoms with van der Waals surface area (Å²) in [5.41, 5.74) is 3.00. The molecule has 10 nitrogen and oxygen atoms in total. The molecule has 1 atom stereocenters. The number of para-hydroxylation sites is 1. The number of carbonyl (C=O) groups is 2. The molecule has 4 N–H and O–H groups in total. The summed E-state index contributed by atoms with van der Waals surface area (Å²) in [7, 11) is 1.38. The highest BCUT2D eigenvalue weighted by Crippen LogP contribution is 2.42. The van der Waals surface area contributed by atoms with Crippen LogP contribution >= 0.6 is 0 Å². The number of halogens is 1. The highest BCUT2D eigenvalue weighted by atomic mass is 19.1. The molecule has 2 aromatic heterocycles. The Bertz CT molecular complexity index is 1390. The lowest BCUT2D eigenvalue weighted by molar-refractivity contribution is 0.0946. The molecule has 200 valence electrons. The van der Waals surface area contributed by atoms with E-state index in [4.69, 9.17) is 9.47 Å². The first-order valence-corrected chi connectivity index (χ1v) is 12.4. The van der Waals surface area contributed by atoms with Crippen LogP contribution in [0.5, 0.6) is 11.5 Å². The lowest BCUT2D eigenvalue weighted by Gasteiger charge is -2.22. The van der Waals surface area contributed by atoms with E-state index in [0.29, 0.717) is 59.9 Å². The normalized spacial score (nSPS) is 18.1. The van der Waals surface area contributed by atoms with Gasteiger partial charge in [-0.05, 0) is 30.0 Å². The largest absolute Gasteiger partial charge is 0.492 e. The van der Waals surface area contributed by atoms with E-state index in [9.17, 15) is 19.1 Å². The molecule has 11 heteroatoms. The Morgan fingerprint density at radius 1 is 1.34 bits per heavy atom. The Labute approximate surface area is 219 Å². The maximum absolute atomic E-state index is 14.4. The van der Waals surface area contributed by atoms with Crippen LogP contribution in [0.4, 0.5) is 20.6 Å². The fourth-order valence-electron chi connectivity index (χ4n) is 5.32. The number of methoxy groups -OCH3 is 1. The predicted octanol–water partition coefficient (Wildman–Crippen LogP) is 4.41. The molecular weight excluding hydrogens is 493 g/mol. The van der Waals surface area contributed by atoms with Gasteiger partial charge in [-0.3, -0.25) is 9.78 Å². The van der Waals surface area contributed by atoms with E-state index >= 15 is 0 Å². The zero-order valence-corrected chi connectivity index (χ0v) is 21.4. The van der Waals surface area contributed by atoms with Crippen LogP contribution in [-0.2, 0) is 6.42 Å². The van der Waals surface area contributed by atoms with E-state index < -0.39 is 11.9 Å². The Morgan fingerprint density at radius 2 is 2.16 bits per heavy atom. The number of hydrogen-bond donors (Lipinski definition) is 4. The van der Waals surface area contributed by atoms with Gasteiger partial charge in [-0.2, -0.15) is 0 Å². The fourth-order valence-corrected chi connectivity index (χ4v) is 5.32. The first kappa shape index (κ1) is 25.4. The number of carbonyl (C=O) groups excluding carboxylic acids is 1. The first-order valence-electron chi connectivity index (χ1n) is 12.4. The molecule has 0 unspecified atom stereocenters. The molecule has 2 aliphatic heterocycles. The topological polar surface area (TPSA) is 129 Å². The number of hydrogen-bond acceptors (Lipinski definition) is 6. The number of fused-ring (bicyclic) bond motifs is 1. The maximum atomic E-state index is 14.4. The van der Waals surface area contributed by atoms with E-state index in [1.165, 1.54) is 18.1 Å². The van der Waals surface area contributed by atoms with Crippen molar-refractivity contribution in [2.24, 2.45) is 5.41 Å². The van der Waals surface area contributed by atoms with Crippen LogP contribution in [0, 0.1) is 11.2 Å². The molecule has 0 aliphatic carbocycles. The highest BCUT2D eigenvalue weighted by Gasteiger charge is 2.40. The molecule has 2 aliphatic rings. The smallest absolute Gasteiger partial charge is 0.407 e. The number of aromatic amines is 1. The van der Waals surface area contributed by atoms with Crippen molar-refractivity contribution in [3.8, 4) is 22.8 Å². The van der Waals surface area contributed by atoms with Gasteiger partial charge in [0.25, 0.3) is 5.91 Å². The second-order valence-electron chi connectivity index (χ2n) is 10.3. The molecule has 0 bridgehead atoms. The molecular formula is C27H30FN5O5. The van der Waals surface area contributed by atoms with Crippen LogP contribution in [0.3, 0.4) is 0 Å². The number of nitrogens with one attached hydrogen (secondary N) is 3. The number of pyridine rings is 1. The number of anilines is 2. The lowest BCUT2D eigenvalue weighted by Crippen LogP contribution is -2.38. The van der Waals surface area contributed by atoms with E-state index in [1.807, 2.05) is 13.8 Å². The number of rotatable bonds is 7. The average molecular weight is 524 g/mol. The summed E-state index contributed by atoms with van der Waals surface area (Å²) in [5.74, 6) is -0.346. The zero-order valence-electron chi connectivity index (χ0n) is 21.4. The lowest BCUT2D eigenvalue weighted by atomic mass is 9.91. The van der Waals surface area contributed by atoms with Crippen molar-refractivity contribution < 1.29 is 28.6 Å². The second-order valence-corrected chi connectivity index (χ2v) is 10.3. The summed E-state index contributed by atoms with van der Waals surface area (Å²) in [6.07, 6.45) is 3.44. The standard InChI is InChI=1S/C27H30FN5O5/c1-27(2)11-15(33(14-27)26(35)36)13-38-20-12-29-9-7-16(20)22-23(21-18(31-22)8-10-30-25(21)34)32-19-6-4-5-17(28)24(19)37-3/h4-7,9,12,15,31-32H,8,10-11,13-14H2,1-3H3,(H,30,34)(H,35,36)/t15-/m0/s1. The molecule has 0 saturated carbocycles. The Kier molecular flexibility index (Phi) is 6.60. The van der Waals surface area contributed by atoms with Crippen molar-refractivity contribution in [1.82, 2.24) is 20.2 Å². The monoisotopic (exact) mass is 523 g/mol. The molecule has 38 heavy (non-hydrogen) atoms. The molecule has 2 amide bonds. The number of H-pyrrole nitrogens is 1. The van der Waals surface area contributed by atoms with E-state index in [2.05, 4.69) is 20.6 Å². The van der Waals surface area contributed by atoms with Gasteiger partial charge in [0.1, 0.15) is 12.4 Å². The van der Waals surface area contributed by atoms with Gasteiger partial charge in [-0.15, -0.1) is 0 Å². The number of likely N-dealkylation sites (tertiary alicyclic amines) is 1. The number of ether oxygens (including phenoxy) is 2. The van der Waals surface area contributed by atoms with Gasteiger partial charge >= 0.3 is 6.09 Å². The van der Waals surface area contributed by atoms with E-state index in [1.54, 1.807) is 30.6 Å². The van der Waals surface area contributed by atoms with Crippen molar-refractivity contribution in [2.75, 3.05) is 32.1 Å². The van der Waals surface area contributed by atoms with Crippen molar-refractivity contribution in [3.05, 3.63) is 53.7 Å². The molecule has 0 spiro atoms. The summed E-state index contributed by atoms with van der Waals surface area (Å²) >= 11 is 0. The quantitative estimate of drug-likeness (QED) is 0.361. The summed E-state index contributed by atoms with van der Waals surface area (Å²) in [4.78, 5) is 33.7. The molecule has 1 aromatic carbocycles. The minimum Gasteiger partial charge on any atom is -0.492 e. The van der Waals surface area contributed by atoms with Gasteiger partial charge < -0.3 is 35.1 Å². The first-order chi connectivity index (χ1) is 18.2. The number of aromatic nitrogens is 2. The van der Waals surface area contributed by atoms with Crippen molar-refractivity contribution in [2.45, 2.75) is 32.7 Å². The van der Waals surface area contributed by atoms with Crippen molar-refractivity contribution in [3.63, 3.8) is 0 Å². The van der Waals surface area contributed by atoms with Crippen LogP contribution in [0.2, 0.25) is 0 Å². The number of benzene rings is 1. The summed E-state index contributed by atoms with van der Waals surface area (Å²) < 4.78 is 25.9. The minimum atomic E-state index is -0.978. The Morgan fingerprint density at radius 3 is 2.92 bits per heavy atom. The molecule has 1 saturated heterocycles. The van der Waals surface area contributed by atoms with Gasteiger partial charge in [-0.1, -0.05) is 19.9 Å². The van der Waals surface area contributed by atoms with E-state index in [0.717, 1.165) is 5.69 Å². The third-order valence-electron chi connectivity index (χ3n) is 6.95. The van der Waals surface area contributed by atoms with Gasteiger partial charge in [0, 0.05) is 37.0 Å². The number of carboxylic acid groups (broad SMARTS) is 1. The van der Waals surface area contributed by atoms with Crippen LogP contribution < -0.4 is 20.1 Å². The van der Waals surface area contributed by atoms with Crippen LogP contribution in [-0.4, -0.2) is 64.8 Å². The van der Waals surface area contributed by atoms with Gasteiger partial charge in [0.05, 0.1) is 42.0 Å². The third kappa shape index (κ3) is 4.71. The molecule has 1 fully saturated rings. The van der Waals surface area contributed by atoms with E-state index in [-0.39, 0.29) is 29.7 Å². The number of amides is 2. The van der Waals surface area contributed by atoms with Gasteiger partial charge in [-0.25, -0.2) is 9.18 Å². The zero-order chi connectivity index (χ0) is 27.0. The van der Waals surface area contributed by atoms with Crippen LogP contribution in [0.1, 0.15) is 36.3 Å². The summed E-state index contributed by atoms with van der Waals surface area (Å²) in [6.45, 7) is 5.13. The predicted molar refractivity (Wildman–Crippen MR) is 139 cm³/mol. The number of nitrogens with zero attached hydrogens (tertiary/aromatic N) is 2. The average Bonchev–Trinajstić information content (AvgIpc) is 3.40. The van der Waals surface area contributed by atoms with Gasteiger partial charge in [0.2, 0.25) is 0 Å². The maximum Gasteiger partial charge on any atom is 0.407 e. The SMILES string of the molecule is COc1c(F)cccc1Nc1c(-c2ccncc2OC[C@@H]2CC(C)(C)CN2C(=O)O)[nH]c2c1C(=O)NCC2. The fraction of sp³-hybridized carbons (Fsp3) is 0.370. The second kappa shape index (κ2) is 9.88. The molecule has 3 aromatic rings. The van der Waals surface area contributed by atoms with Crippen molar-refractivity contribution >= 4 is 23.4 Å². The highest BCUT2D eigenvalue weighted by molar-refractivity contribution is 6.06. The minimum absolute atomic E-state index is 0.0217. The van der Waals surface area contributed by atoms with Crippen LogP contribution in [0.25, 0.3) is 11.3 Å². The third-order valence-corrected chi connectivity index (χ3v) is 6.95. The van der Waals surface area contributed by atoms with Crippen LogP contribution in [0.15, 0.2) is 36.7 Å². The Hall–Kier alpha value is -4.28. The molecule has 5 rings (SSSR count). The molecule has 0 radical (unpaired) electrons. The summed E-state index contributed by atoms with van der Waals surface area (Å²) in [5, 5.41) is 15.7. The van der Waals surface area contributed by atoms with Crippen molar-refractivity contribution in [1.29, 1.82) is 0 Å². The van der Waals surface area contributed by atoms with Gasteiger partial charge in [0.15, 0.2) is 11.6 Å². The molecule has 4 heterocycles. The Balaban J connectivity index is 1.53. The summed E-state index contributed by atoms with van der Waals surface area (Å²) in [6, 6.07) is 5.96.